The number of H-pyrrole nitrogens is 1. The molecule has 0 radical (unpaired) electrons. The van der Waals surface area contributed by atoms with E-state index in [4.69, 9.17) is 5.73 Å². The molecule has 0 fully saturated rings. The molecule has 4 N–H and O–H groups in total. The summed E-state index contributed by atoms with van der Waals surface area (Å²) in [7, 11) is -3.63. The van der Waals surface area contributed by atoms with Crippen LogP contribution in [-0.2, 0) is 23.1 Å². The van der Waals surface area contributed by atoms with Gasteiger partial charge in [0.25, 0.3) is 0 Å². The average molecular weight is 359 g/mol. The molecule has 0 aliphatic heterocycles. The molecular weight excluding hydrogens is 344 g/mol. The molecule has 108 valence electrons. The highest BCUT2D eigenvalue weighted by Gasteiger charge is 2.23. The number of aromatic amines is 1. The van der Waals surface area contributed by atoms with Gasteiger partial charge in [-0.1, -0.05) is 28.1 Å². The fourth-order valence-corrected chi connectivity index (χ4v) is 3.47. The summed E-state index contributed by atoms with van der Waals surface area (Å²) in [5.41, 5.74) is 7.19. The van der Waals surface area contributed by atoms with Crippen molar-refractivity contribution >= 4 is 26.0 Å². The number of nitrogens with two attached hydrogens (primary N) is 1. The summed E-state index contributed by atoms with van der Waals surface area (Å²) >= 11 is 3.33. The van der Waals surface area contributed by atoms with Crippen molar-refractivity contribution in [3.05, 3.63) is 45.7 Å². The highest BCUT2D eigenvalue weighted by atomic mass is 79.9. The van der Waals surface area contributed by atoms with Gasteiger partial charge in [0.05, 0.1) is 11.4 Å². The molecule has 1 heterocycles. The van der Waals surface area contributed by atoms with E-state index in [2.05, 4.69) is 30.8 Å². The predicted octanol–water partition coefficient (Wildman–Crippen LogP) is 1.42. The zero-order valence-corrected chi connectivity index (χ0v) is 13.3. The van der Waals surface area contributed by atoms with Gasteiger partial charge < -0.3 is 5.73 Å². The average Bonchev–Trinajstić information content (AvgIpc) is 2.80. The third-order valence-corrected chi connectivity index (χ3v) is 4.94. The van der Waals surface area contributed by atoms with E-state index >= 15 is 0 Å². The van der Waals surface area contributed by atoms with Gasteiger partial charge in [-0.05, 0) is 24.6 Å². The van der Waals surface area contributed by atoms with Crippen LogP contribution < -0.4 is 10.5 Å². The van der Waals surface area contributed by atoms with E-state index < -0.39 is 10.0 Å². The maximum absolute atomic E-state index is 12.3. The van der Waals surface area contributed by atoms with Crippen LogP contribution in [0.3, 0.4) is 0 Å². The molecule has 2 rings (SSSR count). The summed E-state index contributed by atoms with van der Waals surface area (Å²) in [6.45, 7) is 1.93. The smallest absolute Gasteiger partial charge is 0.244 e. The normalized spacial score (nSPS) is 11.8. The molecule has 0 bridgehead atoms. The van der Waals surface area contributed by atoms with Gasteiger partial charge in [-0.15, -0.1) is 0 Å². The number of hydrogen-bond acceptors (Lipinski definition) is 4. The third kappa shape index (κ3) is 3.26. The Morgan fingerprint density at radius 3 is 2.60 bits per heavy atom. The predicted molar refractivity (Wildman–Crippen MR) is 79.4 cm³/mol. The van der Waals surface area contributed by atoms with E-state index in [1.165, 1.54) is 0 Å². The number of nitrogens with one attached hydrogen (secondary N) is 2. The topological polar surface area (TPSA) is 101 Å². The molecular formula is C12H15BrN4O2S. The molecule has 0 amide bonds. The number of benzene rings is 1. The first-order chi connectivity index (χ1) is 9.44. The van der Waals surface area contributed by atoms with E-state index in [1.807, 2.05) is 24.3 Å². The van der Waals surface area contributed by atoms with Gasteiger partial charge in [-0.25, -0.2) is 13.1 Å². The molecule has 2 aromatic rings. The van der Waals surface area contributed by atoms with Gasteiger partial charge >= 0.3 is 0 Å². The Kier molecular flexibility index (Phi) is 4.59. The Bertz CT molecular complexity index is 695. The zero-order valence-electron chi connectivity index (χ0n) is 10.9. The first-order valence-electron chi connectivity index (χ1n) is 5.92. The van der Waals surface area contributed by atoms with Gasteiger partial charge in [0.15, 0.2) is 0 Å². The number of sulfonamides is 1. The molecule has 0 aliphatic carbocycles. The minimum Gasteiger partial charge on any atom is -0.325 e. The largest absolute Gasteiger partial charge is 0.325 e. The molecule has 0 aliphatic rings. The minimum atomic E-state index is -3.63. The molecule has 0 atom stereocenters. The van der Waals surface area contributed by atoms with Gasteiger partial charge in [-0.3, -0.25) is 5.10 Å². The number of rotatable bonds is 5. The second-order valence-corrected chi connectivity index (χ2v) is 6.90. The lowest BCUT2D eigenvalue weighted by atomic mass is 10.2. The maximum atomic E-state index is 12.3. The van der Waals surface area contributed by atoms with Crippen LogP contribution in [0.4, 0.5) is 0 Å². The first kappa shape index (κ1) is 15.2. The van der Waals surface area contributed by atoms with Crippen LogP contribution in [0.15, 0.2) is 33.6 Å². The van der Waals surface area contributed by atoms with Crippen LogP contribution in [0.1, 0.15) is 17.0 Å². The van der Waals surface area contributed by atoms with Crippen LogP contribution in [0.5, 0.6) is 0 Å². The number of halogens is 1. The number of nitrogens with zero attached hydrogens (tertiary/aromatic N) is 1. The monoisotopic (exact) mass is 358 g/mol. The van der Waals surface area contributed by atoms with Crippen molar-refractivity contribution < 1.29 is 8.42 Å². The molecule has 0 saturated heterocycles. The second kappa shape index (κ2) is 6.04. The van der Waals surface area contributed by atoms with Crippen molar-refractivity contribution in [3.63, 3.8) is 0 Å². The summed E-state index contributed by atoms with van der Waals surface area (Å²) in [4.78, 5) is 0.136. The summed E-state index contributed by atoms with van der Waals surface area (Å²) in [6.07, 6.45) is 0. The third-order valence-electron chi connectivity index (χ3n) is 2.80. The van der Waals surface area contributed by atoms with Gasteiger partial charge in [0.1, 0.15) is 4.90 Å². The van der Waals surface area contributed by atoms with Crippen molar-refractivity contribution in [2.45, 2.75) is 24.9 Å². The zero-order chi connectivity index (χ0) is 14.8. The number of aryl methyl sites for hydroxylation is 1. The molecule has 0 unspecified atom stereocenters. The van der Waals surface area contributed by atoms with Crippen molar-refractivity contribution in [3.8, 4) is 0 Å². The number of hydrogen-bond donors (Lipinski definition) is 3. The lowest BCUT2D eigenvalue weighted by molar-refractivity contribution is 0.579. The Labute approximate surface area is 125 Å². The van der Waals surface area contributed by atoms with E-state index in [9.17, 15) is 8.42 Å². The van der Waals surface area contributed by atoms with Crippen LogP contribution in [0.25, 0.3) is 0 Å². The maximum Gasteiger partial charge on any atom is 0.244 e. The highest BCUT2D eigenvalue weighted by molar-refractivity contribution is 9.10. The summed E-state index contributed by atoms with van der Waals surface area (Å²) < 4.78 is 28.1. The van der Waals surface area contributed by atoms with Crippen LogP contribution in [-0.4, -0.2) is 18.6 Å². The molecule has 0 saturated carbocycles. The lowest BCUT2D eigenvalue weighted by Crippen LogP contribution is -2.25. The quantitative estimate of drug-likeness (QED) is 0.752. The highest BCUT2D eigenvalue weighted by Crippen LogP contribution is 2.17. The second-order valence-electron chi connectivity index (χ2n) is 4.28. The molecule has 0 spiro atoms. The van der Waals surface area contributed by atoms with E-state index in [0.29, 0.717) is 11.4 Å². The lowest BCUT2D eigenvalue weighted by Gasteiger charge is -2.07. The van der Waals surface area contributed by atoms with Crippen molar-refractivity contribution in [2.24, 2.45) is 5.73 Å². The Hall–Kier alpha value is -1.22. The molecule has 6 nitrogen and oxygen atoms in total. The molecule has 8 heteroatoms. The summed E-state index contributed by atoms with van der Waals surface area (Å²) in [5, 5.41) is 6.54. The van der Waals surface area contributed by atoms with E-state index in [1.54, 1.807) is 6.92 Å². The van der Waals surface area contributed by atoms with Gasteiger partial charge in [0.2, 0.25) is 10.0 Å². The van der Waals surface area contributed by atoms with E-state index in [-0.39, 0.29) is 18.0 Å². The summed E-state index contributed by atoms with van der Waals surface area (Å²) in [6, 6.07) is 7.41. The fourth-order valence-electron chi connectivity index (χ4n) is 1.82. The number of aromatic nitrogens is 2. The van der Waals surface area contributed by atoms with E-state index in [0.717, 1.165) is 10.0 Å². The molecule has 1 aromatic carbocycles. The van der Waals surface area contributed by atoms with Crippen LogP contribution in [0.2, 0.25) is 0 Å². The minimum absolute atomic E-state index is 0.0683. The summed E-state index contributed by atoms with van der Waals surface area (Å²) in [5.74, 6) is 0. The van der Waals surface area contributed by atoms with Crippen LogP contribution >= 0.6 is 15.9 Å². The van der Waals surface area contributed by atoms with Crippen molar-refractivity contribution in [2.75, 3.05) is 0 Å². The Morgan fingerprint density at radius 2 is 2.00 bits per heavy atom. The Morgan fingerprint density at radius 1 is 1.35 bits per heavy atom. The van der Waals surface area contributed by atoms with Crippen molar-refractivity contribution in [1.82, 2.24) is 14.9 Å². The van der Waals surface area contributed by atoms with Crippen LogP contribution in [0, 0.1) is 6.92 Å². The van der Waals surface area contributed by atoms with Crippen molar-refractivity contribution in [1.29, 1.82) is 0 Å². The first-order valence-corrected chi connectivity index (χ1v) is 8.19. The Balaban J connectivity index is 2.19. The standard InChI is InChI=1S/C12H15BrN4O2S/c1-8-12(11(6-14)17-16-8)20(18,19)15-7-9-2-4-10(13)5-3-9/h2-5,15H,6-7,14H2,1H3,(H,16,17). The SMILES string of the molecule is Cc1[nH]nc(CN)c1S(=O)(=O)NCc1ccc(Br)cc1. The van der Waals surface area contributed by atoms with Gasteiger partial charge in [-0.2, -0.15) is 5.10 Å². The fraction of sp³-hybridized carbons (Fsp3) is 0.250. The van der Waals surface area contributed by atoms with Gasteiger partial charge in [0, 0.05) is 17.6 Å². The molecule has 20 heavy (non-hydrogen) atoms. The molecule has 1 aromatic heterocycles.